The fourth-order valence-corrected chi connectivity index (χ4v) is 2.95. The number of nitrogens with two attached hydrogens (primary N) is 1. The van der Waals surface area contributed by atoms with E-state index in [0.29, 0.717) is 18.9 Å². The Kier molecular flexibility index (Phi) is 4.66. The molecule has 0 aromatic carbocycles. The molecular weight excluding hydrogens is 344 g/mol. The fourth-order valence-electron chi connectivity index (χ4n) is 2.95. The Morgan fingerprint density at radius 1 is 1.31 bits per heavy atom. The highest BCUT2D eigenvalue weighted by atomic mass is 16.5. The maximum absolute atomic E-state index is 12.8. The van der Waals surface area contributed by atoms with Crippen LogP contribution in [-0.4, -0.2) is 53.9 Å². The Hall–Kier alpha value is -2.92. The van der Waals surface area contributed by atoms with Gasteiger partial charge in [0.2, 0.25) is 11.7 Å². The van der Waals surface area contributed by atoms with Crippen LogP contribution >= 0.6 is 0 Å². The Morgan fingerprint density at radius 3 is 2.69 bits per heavy atom. The van der Waals surface area contributed by atoms with Crippen LogP contribution in [0.25, 0.3) is 16.9 Å². The lowest BCUT2D eigenvalue weighted by atomic mass is 10.4. The summed E-state index contributed by atoms with van der Waals surface area (Å²) >= 11 is 0. The summed E-state index contributed by atoms with van der Waals surface area (Å²) in [4.78, 5) is 40.7. The molecule has 3 aromatic rings. The molecule has 11 heteroatoms. The molecule has 0 fully saturated rings. The van der Waals surface area contributed by atoms with E-state index in [0.717, 1.165) is 10.3 Å². The van der Waals surface area contributed by atoms with Gasteiger partial charge < -0.3 is 20.1 Å². The average molecular weight is 364 g/mol. The van der Waals surface area contributed by atoms with Gasteiger partial charge in [0.05, 0.1) is 19.8 Å². The average Bonchev–Trinajstić information content (AvgIpc) is 3.09. The van der Waals surface area contributed by atoms with Crippen LogP contribution in [0.2, 0.25) is 0 Å². The maximum atomic E-state index is 12.8. The zero-order valence-electron chi connectivity index (χ0n) is 14.5. The van der Waals surface area contributed by atoms with Crippen molar-refractivity contribution in [2.24, 2.45) is 12.8 Å². The first-order chi connectivity index (χ1) is 12.4. The molecule has 3 rings (SSSR count). The van der Waals surface area contributed by atoms with E-state index in [9.17, 15) is 14.4 Å². The molecule has 0 aliphatic rings. The molecule has 3 heterocycles. The fraction of sp³-hybridized carbons (Fsp3) is 0.467. The van der Waals surface area contributed by atoms with Gasteiger partial charge in [-0.05, 0) is 6.92 Å². The second-order valence-corrected chi connectivity index (χ2v) is 5.91. The Balaban J connectivity index is 2.20. The quantitative estimate of drug-likeness (QED) is 0.463. The maximum Gasteiger partial charge on any atom is 0.332 e. The third kappa shape index (κ3) is 2.80. The van der Waals surface area contributed by atoms with E-state index in [1.807, 2.05) is 11.5 Å². The molecule has 0 spiro atoms. The van der Waals surface area contributed by atoms with E-state index >= 15 is 0 Å². The second-order valence-electron chi connectivity index (χ2n) is 5.91. The van der Waals surface area contributed by atoms with Crippen molar-refractivity contribution >= 4 is 22.8 Å². The van der Waals surface area contributed by atoms with Crippen LogP contribution in [0.1, 0.15) is 5.69 Å². The molecule has 0 unspecified atom stereocenters. The molecule has 3 N–H and O–H groups in total. The van der Waals surface area contributed by atoms with Crippen LogP contribution in [0.15, 0.2) is 15.8 Å². The van der Waals surface area contributed by atoms with Crippen LogP contribution in [0.5, 0.6) is 0 Å². The second kappa shape index (κ2) is 6.77. The lowest BCUT2D eigenvalue weighted by Crippen LogP contribution is -2.42. The number of amides is 1. The molecule has 26 heavy (non-hydrogen) atoms. The molecule has 1 amide bonds. The van der Waals surface area contributed by atoms with Gasteiger partial charge in [-0.2, -0.15) is 4.98 Å². The van der Waals surface area contributed by atoms with Crippen molar-refractivity contribution in [3.05, 3.63) is 32.7 Å². The van der Waals surface area contributed by atoms with Crippen LogP contribution in [-0.2, 0) is 29.7 Å². The number of imidazole rings is 2. The SMILES string of the molecule is Cc1cn2c3c(=O)n(CC(N)=O)c(=O)n(C)c3nc2n1CCOCCO. The number of aromatic nitrogens is 5. The first-order valence-corrected chi connectivity index (χ1v) is 8.01. The number of aryl methyl sites for hydroxylation is 2. The zero-order valence-corrected chi connectivity index (χ0v) is 14.5. The third-order valence-corrected chi connectivity index (χ3v) is 4.15. The van der Waals surface area contributed by atoms with Crippen molar-refractivity contribution in [1.82, 2.24) is 23.1 Å². The number of aliphatic hydroxyl groups excluding tert-OH is 1. The topological polar surface area (TPSA) is 139 Å². The molecule has 0 saturated heterocycles. The molecule has 0 bridgehead atoms. The lowest BCUT2D eigenvalue weighted by molar-refractivity contribution is -0.118. The minimum Gasteiger partial charge on any atom is -0.394 e. The number of ether oxygens (including phenoxy) is 1. The van der Waals surface area contributed by atoms with Crippen molar-refractivity contribution in [3.63, 3.8) is 0 Å². The van der Waals surface area contributed by atoms with Crippen LogP contribution in [0, 0.1) is 6.92 Å². The van der Waals surface area contributed by atoms with Crippen molar-refractivity contribution in [1.29, 1.82) is 0 Å². The van der Waals surface area contributed by atoms with E-state index in [-0.39, 0.29) is 24.4 Å². The normalized spacial score (nSPS) is 11.7. The molecule has 0 aliphatic heterocycles. The molecule has 0 radical (unpaired) electrons. The number of aliphatic hydroxyl groups is 1. The molecule has 0 aliphatic carbocycles. The van der Waals surface area contributed by atoms with Crippen molar-refractivity contribution in [2.45, 2.75) is 20.0 Å². The summed E-state index contributed by atoms with van der Waals surface area (Å²) in [5.74, 6) is -0.298. The van der Waals surface area contributed by atoms with E-state index in [1.165, 1.54) is 11.6 Å². The van der Waals surface area contributed by atoms with Gasteiger partial charge in [0.25, 0.3) is 5.56 Å². The van der Waals surface area contributed by atoms with Gasteiger partial charge in [-0.15, -0.1) is 0 Å². The summed E-state index contributed by atoms with van der Waals surface area (Å²) in [6.45, 7) is 2.36. The number of carbonyl (C=O) groups excluding carboxylic acids is 1. The molecular formula is C15H20N6O5. The standard InChI is InChI=1S/C15H20N6O5/c1-9-7-20-11-12(17-14(20)19(9)3-5-26-6-4-22)18(2)15(25)21(13(11)24)8-10(16)23/h7,22H,3-6,8H2,1-2H3,(H2,16,23). The summed E-state index contributed by atoms with van der Waals surface area (Å²) in [5.41, 5.74) is 5.13. The predicted octanol–water partition coefficient (Wildman–Crippen LogP) is -2.05. The predicted molar refractivity (Wildman–Crippen MR) is 92.0 cm³/mol. The van der Waals surface area contributed by atoms with Gasteiger partial charge in [0, 0.05) is 25.5 Å². The number of nitrogens with zero attached hydrogens (tertiary/aromatic N) is 5. The van der Waals surface area contributed by atoms with E-state index in [2.05, 4.69) is 4.98 Å². The Morgan fingerprint density at radius 2 is 2.04 bits per heavy atom. The first kappa shape index (κ1) is 17.9. The monoisotopic (exact) mass is 364 g/mol. The van der Waals surface area contributed by atoms with Gasteiger partial charge in [0.1, 0.15) is 6.54 Å². The van der Waals surface area contributed by atoms with E-state index in [1.54, 1.807) is 10.6 Å². The van der Waals surface area contributed by atoms with Crippen LogP contribution < -0.4 is 17.0 Å². The summed E-state index contributed by atoms with van der Waals surface area (Å²) in [7, 11) is 1.48. The van der Waals surface area contributed by atoms with Crippen molar-refractivity contribution in [3.8, 4) is 0 Å². The lowest BCUT2D eigenvalue weighted by Gasteiger charge is -2.06. The molecule has 140 valence electrons. The molecule has 0 atom stereocenters. The molecule has 3 aromatic heterocycles. The highest BCUT2D eigenvalue weighted by molar-refractivity contribution is 5.77. The summed E-state index contributed by atoms with van der Waals surface area (Å²) in [6.07, 6.45) is 1.73. The summed E-state index contributed by atoms with van der Waals surface area (Å²) in [6, 6.07) is 0. The van der Waals surface area contributed by atoms with Gasteiger partial charge in [0.15, 0.2) is 11.2 Å². The van der Waals surface area contributed by atoms with E-state index in [4.69, 9.17) is 15.6 Å². The summed E-state index contributed by atoms with van der Waals surface area (Å²) < 4.78 is 10.7. The number of hydrogen-bond acceptors (Lipinski definition) is 6. The number of hydrogen-bond donors (Lipinski definition) is 2. The Labute approximate surface area is 146 Å². The minimum absolute atomic E-state index is 0.0607. The number of primary amides is 1. The van der Waals surface area contributed by atoms with Crippen LogP contribution in [0.3, 0.4) is 0 Å². The highest BCUT2D eigenvalue weighted by Crippen LogP contribution is 2.16. The summed E-state index contributed by atoms with van der Waals surface area (Å²) in [5, 5.41) is 8.77. The van der Waals surface area contributed by atoms with Gasteiger partial charge in [-0.3, -0.25) is 18.6 Å². The number of rotatable bonds is 7. The largest absolute Gasteiger partial charge is 0.394 e. The Bertz CT molecular complexity index is 1100. The first-order valence-electron chi connectivity index (χ1n) is 8.01. The highest BCUT2D eigenvalue weighted by Gasteiger charge is 2.20. The van der Waals surface area contributed by atoms with E-state index < -0.39 is 23.7 Å². The number of fused-ring (bicyclic) bond motifs is 3. The van der Waals surface area contributed by atoms with Gasteiger partial charge in [-0.1, -0.05) is 0 Å². The van der Waals surface area contributed by atoms with Crippen molar-refractivity contribution < 1.29 is 14.6 Å². The van der Waals surface area contributed by atoms with Crippen LogP contribution in [0.4, 0.5) is 0 Å². The minimum atomic E-state index is -0.779. The third-order valence-electron chi connectivity index (χ3n) is 4.15. The number of carbonyl (C=O) groups is 1. The molecule has 11 nitrogen and oxygen atoms in total. The van der Waals surface area contributed by atoms with Gasteiger partial charge in [-0.25, -0.2) is 9.36 Å². The zero-order chi connectivity index (χ0) is 19.0. The van der Waals surface area contributed by atoms with Gasteiger partial charge >= 0.3 is 5.69 Å². The molecule has 0 saturated carbocycles. The smallest absolute Gasteiger partial charge is 0.332 e. The van der Waals surface area contributed by atoms with Crippen molar-refractivity contribution in [2.75, 3.05) is 19.8 Å².